The highest BCUT2D eigenvalue weighted by atomic mass is 16.4. The quantitative estimate of drug-likeness (QED) is 0.0479. The van der Waals surface area contributed by atoms with Crippen molar-refractivity contribution in [3.63, 3.8) is 0 Å². The summed E-state index contributed by atoms with van der Waals surface area (Å²) in [6, 6.07) is 0. The minimum Gasteiger partial charge on any atom is -0.382 e. The number of aliphatic hydroxyl groups is 3. The normalized spacial score (nSPS) is 14.4. The van der Waals surface area contributed by atoms with Crippen molar-refractivity contribution in [3.05, 3.63) is 12.2 Å². The minimum absolute atomic E-state index is 0.00171. The van der Waals surface area contributed by atoms with Crippen molar-refractivity contribution in [3.8, 4) is 0 Å². The van der Waals surface area contributed by atoms with Gasteiger partial charge in [0.25, 0.3) is 0 Å². The van der Waals surface area contributed by atoms with Gasteiger partial charge in [0.05, 0.1) is 0 Å². The van der Waals surface area contributed by atoms with Gasteiger partial charge in [-0.25, -0.2) is 0 Å². The van der Waals surface area contributed by atoms with Gasteiger partial charge in [0, 0.05) is 12.8 Å². The second kappa shape index (κ2) is 30.0. The van der Waals surface area contributed by atoms with Crippen molar-refractivity contribution in [2.24, 2.45) is 0 Å². The Bertz CT molecular complexity index is 763. The molecule has 45 heavy (non-hydrogen) atoms. The van der Waals surface area contributed by atoms with Crippen LogP contribution in [0.2, 0.25) is 0 Å². The van der Waals surface area contributed by atoms with Crippen molar-refractivity contribution < 1.29 is 29.7 Å². The average molecular weight is 637 g/mol. The molecule has 0 aromatic carbocycles. The molecule has 0 bridgehead atoms. The SMILES string of the molecule is CCCCCCCCC=CCCCCCCCC(=O)C(O)C(O)(C(=O)CCCCCCCCCCCCCCC)C(O)C(C)=O. The van der Waals surface area contributed by atoms with Crippen LogP contribution >= 0.6 is 0 Å². The highest BCUT2D eigenvalue weighted by Gasteiger charge is 2.53. The first kappa shape index (κ1) is 43.6. The van der Waals surface area contributed by atoms with Crippen molar-refractivity contribution in [2.45, 2.75) is 218 Å². The number of hydrogen-bond donors (Lipinski definition) is 3. The van der Waals surface area contributed by atoms with Gasteiger partial charge in [0.2, 0.25) is 0 Å². The number of Topliss-reactive ketones (excluding diaryl/α,β-unsaturated/α-hetero) is 3. The Kier molecular flexibility index (Phi) is 29.1. The highest BCUT2D eigenvalue weighted by Crippen LogP contribution is 2.25. The van der Waals surface area contributed by atoms with Gasteiger partial charge in [-0.05, 0) is 45.4 Å². The summed E-state index contributed by atoms with van der Waals surface area (Å²) in [5.74, 6) is -2.38. The smallest absolute Gasteiger partial charge is 0.189 e. The molecule has 0 heterocycles. The largest absolute Gasteiger partial charge is 0.382 e. The van der Waals surface area contributed by atoms with Gasteiger partial charge >= 0.3 is 0 Å². The van der Waals surface area contributed by atoms with E-state index in [-0.39, 0.29) is 12.8 Å². The van der Waals surface area contributed by atoms with Gasteiger partial charge in [-0.3, -0.25) is 14.4 Å². The van der Waals surface area contributed by atoms with E-state index >= 15 is 0 Å². The Morgan fingerprint density at radius 2 is 0.844 bits per heavy atom. The molecule has 6 nitrogen and oxygen atoms in total. The predicted octanol–water partition coefficient (Wildman–Crippen LogP) is 9.69. The molecule has 264 valence electrons. The summed E-state index contributed by atoms with van der Waals surface area (Å²) < 4.78 is 0. The van der Waals surface area contributed by atoms with E-state index in [1.165, 1.54) is 96.3 Å². The van der Waals surface area contributed by atoms with Crippen molar-refractivity contribution >= 4 is 17.3 Å². The fraction of sp³-hybridized carbons (Fsp3) is 0.872. The van der Waals surface area contributed by atoms with E-state index in [2.05, 4.69) is 26.0 Å². The van der Waals surface area contributed by atoms with Gasteiger partial charge in [0.15, 0.2) is 35.2 Å². The molecule has 0 aliphatic carbocycles. The number of ketones is 3. The zero-order valence-corrected chi connectivity index (χ0v) is 29.7. The molecule has 6 heteroatoms. The standard InChI is InChI=1S/C39H72O6/c1-4-6-8-10-12-14-16-18-19-21-22-24-26-28-30-32-35(41)38(44)39(45,37(43)34(3)40)36(42)33-31-29-27-25-23-20-17-15-13-11-9-7-5-2/h18-19,37-38,43-45H,4-17,20-33H2,1-3H3. The zero-order chi connectivity index (χ0) is 33.6. The first-order valence-corrected chi connectivity index (χ1v) is 19.0. The van der Waals surface area contributed by atoms with Crippen LogP contribution in [0.1, 0.15) is 201 Å². The third-order valence-corrected chi connectivity index (χ3v) is 9.16. The number of allylic oxidation sites excluding steroid dienone is 2. The van der Waals surface area contributed by atoms with E-state index in [4.69, 9.17) is 0 Å². The average Bonchev–Trinajstić information content (AvgIpc) is 3.03. The molecule has 3 unspecified atom stereocenters. The van der Waals surface area contributed by atoms with E-state index in [1.54, 1.807) is 0 Å². The molecule has 3 atom stereocenters. The summed E-state index contributed by atoms with van der Waals surface area (Å²) in [7, 11) is 0. The lowest BCUT2D eigenvalue weighted by atomic mass is 9.79. The molecular weight excluding hydrogens is 564 g/mol. The van der Waals surface area contributed by atoms with E-state index in [1.807, 2.05) is 0 Å². The molecule has 0 saturated heterocycles. The maximum atomic E-state index is 13.0. The Morgan fingerprint density at radius 3 is 1.22 bits per heavy atom. The molecule has 0 aliphatic rings. The monoisotopic (exact) mass is 637 g/mol. The molecule has 0 radical (unpaired) electrons. The number of hydrogen-bond acceptors (Lipinski definition) is 6. The molecule has 0 amide bonds. The molecule has 0 aliphatic heterocycles. The number of carbonyl (C=O) groups is 3. The molecule has 3 N–H and O–H groups in total. The Morgan fingerprint density at radius 1 is 0.511 bits per heavy atom. The second-order valence-electron chi connectivity index (χ2n) is 13.5. The van der Waals surface area contributed by atoms with Crippen molar-refractivity contribution in [1.29, 1.82) is 0 Å². The Hall–Kier alpha value is -1.37. The van der Waals surface area contributed by atoms with Gasteiger partial charge in [-0.15, -0.1) is 0 Å². The summed E-state index contributed by atoms with van der Waals surface area (Å²) >= 11 is 0. The number of rotatable bonds is 34. The summed E-state index contributed by atoms with van der Waals surface area (Å²) in [6.07, 6.45) is 29.7. The van der Waals surface area contributed by atoms with E-state index in [0.29, 0.717) is 12.8 Å². The lowest BCUT2D eigenvalue weighted by Gasteiger charge is -2.33. The van der Waals surface area contributed by atoms with Crippen LogP contribution in [-0.2, 0) is 14.4 Å². The minimum atomic E-state index is -2.79. The number of aliphatic hydroxyl groups excluding tert-OH is 2. The molecule has 0 saturated carbocycles. The third-order valence-electron chi connectivity index (χ3n) is 9.16. The van der Waals surface area contributed by atoms with Gasteiger partial charge in [0.1, 0.15) is 0 Å². The van der Waals surface area contributed by atoms with Gasteiger partial charge < -0.3 is 15.3 Å². The fourth-order valence-corrected chi connectivity index (χ4v) is 6.02. The zero-order valence-electron chi connectivity index (χ0n) is 29.7. The van der Waals surface area contributed by atoms with Crippen LogP contribution in [0.3, 0.4) is 0 Å². The summed E-state index contributed by atoms with van der Waals surface area (Å²) in [5.41, 5.74) is -2.79. The second-order valence-corrected chi connectivity index (χ2v) is 13.5. The van der Waals surface area contributed by atoms with Crippen LogP contribution in [0, 0.1) is 0 Å². The molecule has 0 rings (SSSR count). The van der Waals surface area contributed by atoms with Crippen molar-refractivity contribution in [2.75, 3.05) is 0 Å². The van der Waals surface area contributed by atoms with Crippen LogP contribution in [0.5, 0.6) is 0 Å². The molecule has 0 spiro atoms. The lowest BCUT2D eigenvalue weighted by Crippen LogP contribution is -2.62. The third kappa shape index (κ3) is 21.9. The van der Waals surface area contributed by atoms with Crippen LogP contribution in [-0.4, -0.2) is 50.5 Å². The summed E-state index contributed by atoms with van der Waals surface area (Å²) in [4.78, 5) is 37.7. The first-order chi connectivity index (χ1) is 21.7. The maximum Gasteiger partial charge on any atom is 0.189 e. The molecule has 0 fully saturated rings. The predicted molar refractivity (Wildman–Crippen MR) is 187 cm³/mol. The summed E-state index contributed by atoms with van der Waals surface area (Å²) in [6.45, 7) is 5.52. The van der Waals surface area contributed by atoms with Crippen LogP contribution in [0.25, 0.3) is 0 Å². The van der Waals surface area contributed by atoms with Crippen LogP contribution in [0.15, 0.2) is 12.2 Å². The van der Waals surface area contributed by atoms with Crippen molar-refractivity contribution in [1.82, 2.24) is 0 Å². The van der Waals surface area contributed by atoms with Crippen LogP contribution in [0.4, 0.5) is 0 Å². The Labute approximate surface area is 277 Å². The van der Waals surface area contributed by atoms with E-state index in [0.717, 1.165) is 64.7 Å². The molecule has 0 aromatic rings. The lowest BCUT2D eigenvalue weighted by molar-refractivity contribution is -0.181. The molecular formula is C39H72O6. The fourth-order valence-electron chi connectivity index (χ4n) is 6.02. The molecule has 0 aromatic heterocycles. The van der Waals surface area contributed by atoms with E-state index in [9.17, 15) is 29.7 Å². The van der Waals surface area contributed by atoms with Gasteiger partial charge in [-0.2, -0.15) is 0 Å². The van der Waals surface area contributed by atoms with Crippen LogP contribution < -0.4 is 0 Å². The van der Waals surface area contributed by atoms with Gasteiger partial charge in [-0.1, -0.05) is 154 Å². The topological polar surface area (TPSA) is 112 Å². The highest BCUT2D eigenvalue weighted by molar-refractivity contribution is 6.01. The first-order valence-electron chi connectivity index (χ1n) is 19.0. The van der Waals surface area contributed by atoms with E-state index < -0.39 is 35.2 Å². The number of unbranched alkanes of at least 4 members (excludes halogenated alkanes) is 23. The Balaban J connectivity index is 4.26. The summed E-state index contributed by atoms with van der Waals surface area (Å²) in [5, 5.41) is 32.2. The number of carbonyl (C=O) groups excluding carboxylic acids is 3. The maximum absolute atomic E-state index is 13.0.